The largest absolute Gasteiger partial charge is 0.493 e. The van der Waals surface area contributed by atoms with Crippen LogP contribution in [-0.4, -0.2) is 24.9 Å². The first-order chi connectivity index (χ1) is 13.4. The van der Waals surface area contributed by atoms with Gasteiger partial charge in [0.25, 0.3) is 0 Å². The van der Waals surface area contributed by atoms with E-state index in [2.05, 4.69) is 5.32 Å². The van der Waals surface area contributed by atoms with Crippen LogP contribution in [0.3, 0.4) is 0 Å². The predicted octanol–water partition coefficient (Wildman–Crippen LogP) is 4.02. The van der Waals surface area contributed by atoms with Crippen molar-refractivity contribution in [3.05, 3.63) is 59.7 Å². The number of rotatable bonds is 9. The van der Waals surface area contributed by atoms with E-state index in [0.717, 1.165) is 29.0 Å². The van der Waals surface area contributed by atoms with Crippen LogP contribution in [0.1, 0.15) is 38.3 Å². The molecule has 0 saturated heterocycles. The minimum Gasteiger partial charge on any atom is -0.493 e. The fourth-order valence-corrected chi connectivity index (χ4v) is 2.35. The minimum absolute atomic E-state index is 0.409. The molecule has 2 rings (SSSR count). The zero-order valence-corrected chi connectivity index (χ0v) is 16.9. The summed E-state index contributed by atoms with van der Waals surface area (Å²) in [5.74, 6) is 1.62. The monoisotopic (exact) mass is 386 g/mol. The third-order valence-corrected chi connectivity index (χ3v) is 3.74. The molecular formula is C22H30N2O4. The van der Waals surface area contributed by atoms with E-state index in [1.165, 1.54) is 0 Å². The lowest BCUT2D eigenvalue weighted by atomic mass is 10.2. The first kappa shape index (κ1) is 21.6. The Morgan fingerprint density at radius 2 is 1.39 bits per heavy atom. The van der Waals surface area contributed by atoms with Gasteiger partial charge in [0, 0.05) is 19.5 Å². The van der Waals surface area contributed by atoms with Crippen molar-refractivity contribution in [3.8, 4) is 11.5 Å². The predicted molar refractivity (Wildman–Crippen MR) is 109 cm³/mol. The highest BCUT2D eigenvalue weighted by Crippen LogP contribution is 2.14. The van der Waals surface area contributed by atoms with E-state index in [9.17, 15) is 4.79 Å². The topological polar surface area (TPSA) is 82.8 Å². The molecule has 0 aromatic heterocycles. The fourth-order valence-electron chi connectivity index (χ4n) is 2.35. The standard InChI is InChI=1S/C22H30N2O4/c1-22(2,3)28-21(25)24-16-18-7-11-20(12-8-18)27-14-4-13-26-19-9-5-17(15-23)6-10-19/h5-12H,4,13-16,23H2,1-3H3,(H,24,25). The second kappa shape index (κ2) is 10.6. The first-order valence-electron chi connectivity index (χ1n) is 9.46. The van der Waals surface area contributed by atoms with Crippen LogP contribution in [0.2, 0.25) is 0 Å². The molecule has 0 radical (unpaired) electrons. The normalized spacial score (nSPS) is 11.0. The van der Waals surface area contributed by atoms with Gasteiger partial charge < -0.3 is 25.3 Å². The Labute approximate surface area is 167 Å². The molecule has 0 atom stereocenters. The van der Waals surface area contributed by atoms with Gasteiger partial charge in [-0.3, -0.25) is 0 Å². The molecule has 28 heavy (non-hydrogen) atoms. The number of nitrogens with one attached hydrogen (secondary N) is 1. The second-order valence-corrected chi connectivity index (χ2v) is 7.40. The van der Waals surface area contributed by atoms with E-state index in [1.807, 2.05) is 69.3 Å². The van der Waals surface area contributed by atoms with Gasteiger partial charge in [0.1, 0.15) is 17.1 Å². The third kappa shape index (κ3) is 8.31. The van der Waals surface area contributed by atoms with Gasteiger partial charge >= 0.3 is 6.09 Å². The van der Waals surface area contributed by atoms with Gasteiger partial charge in [-0.25, -0.2) is 4.79 Å². The maximum Gasteiger partial charge on any atom is 0.407 e. The van der Waals surface area contributed by atoms with Crippen LogP contribution >= 0.6 is 0 Å². The molecule has 0 saturated carbocycles. The van der Waals surface area contributed by atoms with Crippen molar-refractivity contribution in [2.75, 3.05) is 13.2 Å². The van der Waals surface area contributed by atoms with E-state index < -0.39 is 11.7 Å². The zero-order chi connectivity index (χ0) is 20.4. The van der Waals surface area contributed by atoms with Gasteiger partial charge in [0.15, 0.2) is 0 Å². The lowest BCUT2D eigenvalue weighted by Gasteiger charge is -2.19. The number of carbonyl (C=O) groups excluding carboxylic acids is 1. The fraction of sp³-hybridized carbons (Fsp3) is 0.409. The number of nitrogens with two attached hydrogens (primary N) is 1. The summed E-state index contributed by atoms with van der Waals surface area (Å²) in [5.41, 5.74) is 7.13. The van der Waals surface area contributed by atoms with Crippen LogP contribution in [0, 0.1) is 0 Å². The summed E-state index contributed by atoms with van der Waals surface area (Å²) in [5, 5.41) is 2.73. The van der Waals surface area contributed by atoms with Gasteiger partial charge in [-0.1, -0.05) is 24.3 Å². The molecule has 1 amide bonds. The summed E-state index contributed by atoms with van der Waals surface area (Å²) in [6, 6.07) is 15.4. The quantitative estimate of drug-likeness (QED) is 0.636. The number of hydrogen-bond donors (Lipinski definition) is 2. The van der Waals surface area contributed by atoms with E-state index in [1.54, 1.807) is 0 Å². The van der Waals surface area contributed by atoms with Crippen molar-refractivity contribution in [1.82, 2.24) is 5.32 Å². The van der Waals surface area contributed by atoms with Crippen molar-refractivity contribution in [1.29, 1.82) is 0 Å². The Kier molecular flexibility index (Phi) is 8.14. The Morgan fingerprint density at radius 1 is 0.893 bits per heavy atom. The Balaban J connectivity index is 1.63. The van der Waals surface area contributed by atoms with Crippen LogP contribution < -0.4 is 20.5 Å². The van der Waals surface area contributed by atoms with Crippen LogP contribution in [0.4, 0.5) is 4.79 Å². The average molecular weight is 386 g/mol. The van der Waals surface area contributed by atoms with E-state index in [0.29, 0.717) is 26.3 Å². The minimum atomic E-state index is -0.501. The molecule has 3 N–H and O–H groups in total. The molecule has 6 heteroatoms. The summed E-state index contributed by atoms with van der Waals surface area (Å²) in [7, 11) is 0. The number of carbonyl (C=O) groups is 1. The summed E-state index contributed by atoms with van der Waals surface area (Å²) in [6.07, 6.45) is 0.353. The molecule has 2 aromatic rings. The molecule has 2 aromatic carbocycles. The van der Waals surface area contributed by atoms with Crippen LogP contribution in [-0.2, 0) is 17.8 Å². The van der Waals surface area contributed by atoms with Gasteiger partial charge in [-0.15, -0.1) is 0 Å². The smallest absolute Gasteiger partial charge is 0.407 e. The Morgan fingerprint density at radius 3 is 1.86 bits per heavy atom. The maximum absolute atomic E-state index is 11.7. The van der Waals surface area contributed by atoms with Crippen molar-refractivity contribution >= 4 is 6.09 Å². The first-order valence-corrected chi connectivity index (χ1v) is 9.46. The lowest BCUT2D eigenvalue weighted by molar-refractivity contribution is 0.0523. The molecule has 0 aliphatic carbocycles. The highest BCUT2D eigenvalue weighted by atomic mass is 16.6. The summed E-state index contributed by atoms with van der Waals surface area (Å²) in [6.45, 7) is 7.59. The van der Waals surface area contributed by atoms with Crippen LogP contribution in [0.15, 0.2) is 48.5 Å². The molecule has 0 aliphatic rings. The molecule has 0 heterocycles. The second-order valence-electron chi connectivity index (χ2n) is 7.40. The molecule has 152 valence electrons. The number of ether oxygens (including phenoxy) is 3. The van der Waals surface area contributed by atoms with E-state index >= 15 is 0 Å². The molecule has 6 nitrogen and oxygen atoms in total. The van der Waals surface area contributed by atoms with Crippen molar-refractivity contribution in [2.24, 2.45) is 5.73 Å². The Hall–Kier alpha value is -2.73. The number of alkyl carbamates (subject to hydrolysis) is 1. The molecular weight excluding hydrogens is 356 g/mol. The van der Waals surface area contributed by atoms with Crippen molar-refractivity contribution in [2.45, 2.75) is 45.9 Å². The third-order valence-electron chi connectivity index (χ3n) is 3.74. The van der Waals surface area contributed by atoms with Gasteiger partial charge in [0.2, 0.25) is 0 Å². The van der Waals surface area contributed by atoms with Crippen LogP contribution in [0.25, 0.3) is 0 Å². The van der Waals surface area contributed by atoms with Crippen LogP contribution in [0.5, 0.6) is 11.5 Å². The van der Waals surface area contributed by atoms with E-state index in [4.69, 9.17) is 19.9 Å². The number of amides is 1. The molecule has 0 unspecified atom stereocenters. The number of hydrogen-bond acceptors (Lipinski definition) is 5. The van der Waals surface area contributed by atoms with Crippen molar-refractivity contribution < 1.29 is 19.0 Å². The highest BCUT2D eigenvalue weighted by Gasteiger charge is 2.15. The van der Waals surface area contributed by atoms with Gasteiger partial charge in [-0.05, 0) is 56.2 Å². The zero-order valence-electron chi connectivity index (χ0n) is 16.9. The highest BCUT2D eigenvalue weighted by molar-refractivity contribution is 5.67. The van der Waals surface area contributed by atoms with Gasteiger partial charge in [-0.2, -0.15) is 0 Å². The molecule has 0 spiro atoms. The molecule has 0 fully saturated rings. The lowest BCUT2D eigenvalue weighted by Crippen LogP contribution is -2.32. The summed E-state index contributed by atoms with van der Waals surface area (Å²) >= 11 is 0. The van der Waals surface area contributed by atoms with E-state index in [-0.39, 0.29) is 0 Å². The Bertz CT molecular complexity index is 722. The molecule has 0 aliphatic heterocycles. The van der Waals surface area contributed by atoms with Crippen molar-refractivity contribution in [3.63, 3.8) is 0 Å². The molecule has 0 bridgehead atoms. The SMILES string of the molecule is CC(C)(C)OC(=O)NCc1ccc(OCCCOc2ccc(CN)cc2)cc1. The maximum atomic E-state index is 11.7. The average Bonchev–Trinajstić information content (AvgIpc) is 2.66. The summed E-state index contributed by atoms with van der Waals surface area (Å²) in [4.78, 5) is 11.7. The number of benzene rings is 2. The summed E-state index contributed by atoms with van der Waals surface area (Å²) < 4.78 is 16.6. The van der Waals surface area contributed by atoms with Gasteiger partial charge in [0.05, 0.1) is 13.2 Å².